The van der Waals surface area contributed by atoms with Gasteiger partial charge in [-0.15, -0.1) is 0 Å². The van der Waals surface area contributed by atoms with Crippen LogP contribution in [0.15, 0.2) is 24.3 Å². The fourth-order valence-corrected chi connectivity index (χ4v) is 11.4. The number of aliphatic hydroxyl groups is 1. The van der Waals surface area contributed by atoms with Crippen LogP contribution in [0.5, 0.6) is 0 Å². The van der Waals surface area contributed by atoms with Gasteiger partial charge >= 0.3 is 11.9 Å². The fraction of sp³-hybridized carbons (Fsp3) is 0.918. The molecule has 0 rings (SSSR count). The molecule has 0 aliphatic rings. The van der Waals surface area contributed by atoms with Gasteiger partial charge in [0.25, 0.3) is 0 Å². The van der Waals surface area contributed by atoms with Crippen molar-refractivity contribution in [2.75, 3.05) is 13.2 Å². The van der Waals surface area contributed by atoms with E-state index in [0.29, 0.717) is 12.8 Å². The SMILES string of the molecule is CCCCCCC/C=C\C/C=C\CCCCCCCCCCCCCCCCCCCCCCCCCCCCCC(=O)OC(CO)COC(=O)CCCCCCCCCCCCCCCCCCCCCCCCCCC. The van der Waals surface area contributed by atoms with Crippen molar-refractivity contribution < 1.29 is 24.2 Å². The molecule has 462 valence electrons. The predicted octanol–water partition coefficient (Wildman–Crippen LogP) is 24.8. The van der Waals surface area contributed by atoms with E-state index >= 15 is 0 Å². The van der Waals surface area contributed by atoms with Gasteiger partial charge < -0.3 is 14.6 Å². The summed E-state index contributed by atoms with van der Waals surface area (Å²) < 4.78 is 10.8. The largest absolute Gasteiger partial charge is 0.462 e. The zero-order valence-electron chi connectivity index (χ0n) is 53.2. The molecule has 5 nitrogen and oxygen atoms in total. The van der Waals surface area contributed by atoms with Crippen molar-refractivity contribution in [2.24, 2.45) is 0 Å². The average molecular weight is 1100 g/mol. The van der Waals surface area contributed by atoms with Crippen molar-refractivity contribution in [2.45, 2.75) is 418 Å². The molecule has 0 aromatic rings. The minimum absolute atomic E-state index is 0.0568. The summed E-state index contributed by atoms with van der Waals surface area (Å²) in [5, 5.41) is 9.70. The Morgan fingerprint density at radius 1 is 0.295 bits per heavy atom. The first-order valence-electron chi connectivity index (χ1n) is 35.9. The molecule has 0 saturated carbocycles. The molecular formula is C73H140O5. The molecular weight excluding hydrogens is 957 g/mol. The smallest absolute Gasteiger partial charge is 0.306 e. The topological polar surface area (TPSA) is 72.8 Å². The lowest BCUT2D eigenvalue weighted by atomic mass is 10.0. The number of unbranched alkanes of at least 4 members (excludes halogenated alkanes) is 56. The van der Waals surface area contributed by atoms with Gasteiger partial charge in [0.2, 0.25) is 0 Å². The predicted molar refractivity (Wildman–Crippen MR) is 344 cm³/mol. The van der Waals surface area contributed by atoms with E-state index in [1.165, 1.54) is 347 Å². The van der Waals surface area contributed by atoms with Crippen molar-refractivity contribution in [3.63, 3.8) is 0 Å². The highest BCUT2D eigenvalue weighted by Crippen LogP contribution is 2.19. The lowest BCUT2D eigenvalue weighted by molar-refractivity contribution is -0.161. The molecule has 0 aliphatic heterocycles. The lowest BCUT2D eigenvalue weighted by Gasteiger charge is -2.15. The molecule has 78 heavy (non-hydrogen) atoms. The third kappa shape index (κ3) is 66.9. The van der Waals surface area contributed by atoms with Gasteiger partial charge in [-0.25, -0.2) is 0 Å². The Kier molecular flexibility index (Phi) is 68.2. The van der Waals surface area contributed by atoms with Crippen molar-refractivity contribution in [3.05, 3.63) is 24.3 Å². The Hall–Kier alpha value is -1.62. The van der Waals surface area contributed by atoms with E-state index in [1.54, 1.807) is 0 Å². The zero-order valence-corrected chi connectivity index (χ0v) is 53.2. The molecule has 0 saturated heterocycles. The molecule has 5 heteroatoms. The standard InChI is InChI=1S/C73H140O5/c1-3-5-7-9-11-13-15-17-19-21-23-25-27-29-30-31-32-33-34-35-36-37-38-39-40-41-42-44-46-48-50-52-54-56-58-60-62-64-66-68-73(76)78-71(69-74)70-77-72(75)67-65-63-61-59-57-55-53-51-49-47-45-43-28-26-24-22-20-18-16-14-12-10-8-6-4-2/h15,17,21,23,71,74H,3-14,16,18-20,22,24-70H2,1-2H3/b17-15-,23-21-. The Bertz CT molecular complexity index is 1200. The molecule has 0 amide bonds. The second-order valence-electron chi connectivity index (χ2n) is 24.7. The molecule has 0 fully saturated rings. The third-order valence-corrected chi connectivity index (χ3v) is 16.7. The van der Waals surface area contributed by atoms with Crippen LogP contribution in [0.1, 0.15) is 412 Å². The van der Waals surface area contributed by atoms with Gasteiger partial charge in [-0.3, -0.25) is 9.59 Å². The number of esters is 2. The molecule has 1 atom stereocenters. The summed E-state index contributed by atoms with van der Waals surface area (Å²) in [6.07, 6.45) is 90.9. The van der Waals surface area contributed by atoms with Gasteiger partial charge in [-0.1, -0.05) is 378 Å². The normalized spacial score (nSPS) is 12.2. The monoisotopic (exact) mass is 1100 g/mol. The maximum atomic E-state index is 12.4. The second-order valence-corrected chi connectivity index (χ2v) is 24.7. The molecule has 0 aromatic carbocycles. The number of aliphatic hydroxyl groups excluding tert-OH is 1. The highest BCUT2D eigenvalue weighted by Gasteiger charge is 2.16. The number of hydrogen-bond acceptors (Lipinski definition) is 5. The van der Waals surface area contributed by atoms with Crippen LogP contribution in [-0.2, 0) is 19.1 Å². The summed E-state index contributed by atoms with van der Waals surface area (Å²) in [4.78, 5) is 24.6. The van der Waals surface area contributed by atoms with Crippen LogP contribution in [0.4, 0.5) is 0 Å². The minimum Gasteiger partial charge on any atom is -0.462 e. The molecule has 0 heterocycles. The maximum absolute atomic E-state index is 12.4. The number of rotatable bonds is 68. The van der Waals surface area contributed by atoms with Crippen LogP contribution in [0, 0.1) is 0 Å². The Labute approximate surface area is 489 Å². The van der Waals surface area contributed by atoms with Gasteiger partial charge in [0, 0.05) is 12.8 Å². The first-order valence-corrected chi connectivity index (χ1v) is 35.9. The Balaban J connectivity index is 3.35. The summed E-state index contributed by atoms with van der Waals surface area (Å²) in [6, 6.07) is 0. The van der Waals surface area contributed by atoms with Crippen LogP contribution < -0.4 is 0 Å². The summed E-state index contributed by atoms with van der Waals surface area (Å²) in [6.45, 7) is 4.20. The van der Waals surface area contributed by atoms with E-state index < -0.39 is 6.10 Å². The van der Waals surface area contributed by atoms with Crippen molar-refractivity contribution in [3.8, 4) is 0 Å². The summed E-state index contributed by atoms with van der Waals surface area (Å²) in [5.41, 5.74) is 0. The first kappa shape index (κ1) is 76.4. The molecule has 1 unspecified atom stereocenters. The molecule has 0 radical (unpaired) electrons. The molecule has 0 bridgehead atoms. The zero-order chi connectivity index (χ0) is 56.2. The summed E-state index contributed by atoms with van der Waals surface area (Å²) >= 11 is 0. The molecule has 0 spiro atoms. The van der Waals surface area contributed by atoms with Crippen molar-refractivity contribution in [1.82, 2.24) is 0 Å². The molecule has 0 aliphatic carbocycles. The van der Waals surface area contributed by atoms with Gasteiger partial charge in [0.1, 0.15) is 6.61 Å². The van der Waals surface area contributed by atoms with E-state index in [0.717, 1.165) is 38.5 Å². The van der Waals surface area contributed by atoms with Gasteiger partial charge in [0.05, 0.1) is 6.61 Å². The average Bonchev–Trinajstić information content (AvgIpc) is 3.44. The fourth-order valence-electron chi connectivity index (χ4n) is 11.4. The summed E-state index contributed by atoms with van der Waals surface area (Å²) in [5.74, 6) is -0.561. The van der Waals surface area contributed by atoms with Crippen molar-refractivity contribution in [1.29, 1.82) is 0 Å². The summed E-state index contributed by atoms with van der Waals surface area (Å²) in [7, 11) is 0. The maximum Gasteiger partial charge on any atom is 0.306 e. The van der Waals surface area contributed by atoms with Gasteiger partial charge in [-0.2, -0.15) is 0 Å². The van der Waals surface area contributed by atoms with Crippen LogP contribution in [0.3, 0.4) is 0 Å². The van der Waals surface area contributed by atoms with E-state index in [9.17, 15) is 14.7 Å². The first-order chi connectivity index (χ1) is 38.6. The molecule has 0 aromatic heterocycles. The van der Waals surface area contributed by atoms with Crippen LogP contribution in [0.25, 0.3) is 0 Å². The van der Waals surface area contributed by atoms with Crippen LogP contribution in [-0.4, -0.2) is 36.4 Å². The Morgan fingerprint density at radius 2 is 0.513 bits per heavy atom. The minimum atomic E-state index is -0.767. The van der Waals surface area contributed by atoms with E-state index in [-0.39, 0.29) is 25.2 Å². The number of hydrogen-bond donors (Lipinski definition) is 1. The highest BCUT2D eigenvalue weighted by molar-refractivity contribution is 5.70. The van der Waals surface area contributed by atoms with Crippen LogP contribution in [0.2, 0.25) is 0 Å². The third-order valence-electron chi connectivity index (χ3n) is 16.7. The molecule has 1 N–H and O–H groups in total. The van der Waals surface area contributed by atoms with Gasteiger partial charge in [0.15, 0.2) is 6.10 Å². The number of ether oxygens (including phenoxy) is 2. The number of carbonyl (C=O) groups excluding carboxylic acids is 2. The number of allylic oxidation sites excluding steroid dienone is 4. The second kappa shape index (κ2) is 69.6. The Morgan fingerprint density at radius 3 is 0.756 bits per heavy atom. The van der Waals surface area contributed by atoms with E-state index in [4.69, 9.17) is 9.47 Å². The highest BCUT2D eigenvalue weighted by atomic mass is 16.6. The lowest BCUT2D eigenvalue weighted by Crippen LogP contribution is -2.28. The van der Waals surface area contributed by atoms with E-state index in [1.807, 2.05) is 0 Å². The van der Waals surface area contributed by atoms with Crippen LogP contribution >= 0.6 is 0 Å². The number of carbonyl (C=O) groups is 2. The van der Waals surface area contributed by atoms with E-state index in [2.05, 4.69) is 38.2 Å². The van der Waals surface area contributed by atoms with Gasteiger partial charge in [-0.05, 0) is 44.9 Å². The quantitative estimate of drug-likeness (QED) is 0.0373. The van der Waals surface area contributed by atoms with Crippen molar-refractivity contribution >= 4 is 11.9 Å².